The van der Waals surface area contributed by atoms with Gasteiger partial charge in [0.25, 0.3) is 5.91 Å². The van der Waals surface area contributed by atoms with Crippen LogP contribution in [-0.4, -0.2) is 39.1 Å². The zero-order chi connectivity index (χ0) is 18.1. The van der Waals surface area contributed by atoms with Crippen LogP contribution in [-0.2, 0) is 11.3 Å². The SMILES string of the molecule is Cc1cccc(C(=O)N2Cc3ccnn3C(C(=O)NC3CCCC3)C2)c1. The molecule has 1 aliphatic carbocycles. The Kier molecular flexibility index (Phi) is 4.49. The van der Waals surface area contributed by atoms with Gasteiger partial charge in [0.05, 0.1) is 18.8 Å². The number of carbonyl (C=O) groups is 2. The maximum absolute atomic E-state index is 13.0. The summed E-state index contributed by atoms with van der Waals surface area (Å²) in [6, 6.07) is 9.25. The summed E-state index contributed by atoms with van der Waals surface area (Å²) >= 11 is 0. The fourth-order valence-electron chi connectivity index (χ4n) is 3.97. The Morgan fingerprint density at radius 3 is 2.77 bits per heavy atom. The lowest BCUT2D eigenvalue weighted by atomic mass is 10.1. The van der Waals surface area contributed by atoms with Crippen LogP contribution in [0.1, 0.15) is 53.3 Å². The van der Waals surface area contributed by atoms with Crippen LogP contribution in [0.15, 0.2) is 36.5 Å². The first-order valence-corrected chi connectivity index (χ1v) is 9.30. The van der Waals surface area contributed by atoms with E-state index in [1.165, 1.54) is 12.8 Å². The summed E-state index contributed by atoms with van der Waals surface area (Å²) in [6.07, 6.45) is 6.11. The van der Waals surface area contributed by atoms with E-state index < -0.39 is 6.04 Å². The third kappa shape index (κ3) is 3.23. The van der Waals surface area contributed by atoms with Crippen molar-refractivity contribution in [1.29, 1.82) is 0 Å². The highest BCUT2D eigenvalue weighted by Gasteiger charge is 2.34. The minimum Gasteiger partial charge on any atom is -0.351 e. The second-order valence-electron chi connectivity index (χ2n) is 7.33. The predicted octanol–water partition coefficient (Wildman–Crippen LogP) is 2.45. The van der Waals surface area contributed by atoms with Crippen LogP contribution < -0.4 is 5.32 Å². The highest BCUT2D eigenvalue weighted by atomic mass is 16.2. The standard InChI is InChI=1S/C20H24N4O2/c1-14-5-4-6-15(11-14)20(26)23-12-17-9-10-21-24(17)18(13-23)19(25)22-16-7-2-3-8-16/h4-6,9-11,16,18H,2-3,7-8,12-13H2,1H3,(H,22,25). The quantitative estimate of drug-likeness (QED) is 0.923. The van der Waals surface area contributed by atoms with Crippen LogP contribution in [0.2, 0.25) is 0 Å². The largest absolute Gasteiger partial charge is 0.351 e. The Labute approximate surface area is 153 Å². The van der Waals surface area contributed by atoms with Gasteiger partial charge in [0.15, 0.2) is 0 Å². The lowest BCUT2D eigenvalue weighted by Crippen LogP contribution is -2.48. The van der Waals surface area contributed by atoms with E-state index in [1.807, 2.05) is 37.3 Å². The average molecular weight is 352 g/mol. The molecule has 1 aromatic heterocycles. The molecule has 4 rings (SSSR count). The third-order valence-electron chi connectivity index (χ3n) is 5.35. The van der Waals surface area contributed by atoms with Crippen LogP contribution >= 0.6 is 0 Å². The minimum atomic E-state index is -0.469. The number of hydrogen-bond donors (Lipinski definition) is 1. The van der Waals surface area contributed by atoms with Gasteiger partial charge in [-0.05, 0) is 38.0 Å². The molecule has 0 spiro atoms. The number of fused-ring (bicyclic) bond motifs is 1. The highest BCUT2D eigenvalue weighted by Crippen LogP contribution is 2.24. The molecule has 0 radical (unpaired) electrons. The van der Waals surface area contributed by atoms with Gasteiger partial charge in [-0.25, -0.2) is 0 Å². The zero-order valence-corrected chi connectivity index (χ0v) is 15.0. The first-order valence-electron chi connectivity index (χ1n) is 9.30. The number of aryl methyl sites for hydroxylation is 1. The summed E-state index contributed by atoms with van der Waals surface area (Å²) in [7, 11) is 0. The lowest BCUT2D eigenvalue weighted by molar-refractivity contribution is -0.126. The van der Waals surface area contributed by atoms with Crippen molar-refractivity contribution in [3.8, 4) is 0 Å². The molecule has 136 valence electrons. The molecular weight excluding hydrogens is 328 g/mol. The molecule has 2 aliphatic rings. The first-order chi connectivity index (χ1) is 12.6. The first kappa shape index (κ1) is 16.8. The number of rotatable bonds is 3. The van der Waals surface area contributed by atoms with Crippen molar-refractivity contribution in [2.24, 2.45) is 0 Å². The molecule has 6 heteroatoms. The van der Waals surface area contributed by atoms with Crippen molar-refractivity contribution >= 4 is 11.8 Å². The fourth-order valence-corrected chi connectivity index (χ4v) is 3.97. The van der Waals surface area contributed by atoms with Crippen molar-refractivity contribution < 1.29 is 9.59 Å². The topological polar surface area (TPSA) is 67.2 Å². The number of nitrogens with one attached hydrogen (secondary N) is 1. The van der Waals surface area contributed by atoms with E-state index in [-0.39, 0.29) is 17.9 Å². The van der Waals surface area contributed by atoms with E-state index in [9.17, 15) is 9.59 Å². The van der Waals surface area contributed by atoms with Gasteiger partial charge in [-0.3, -0.25) is 14.3 Å². The molecule has 0 bridgehead atoms. The van der Waals surface area contributed by atoms with E-state index in [0.29, 0.717) is 18.7 Å². The van der Waals surface area contributed by atoms with Gasteiger partial charge in [-0.2, -0.15) is 5.10 Å². The molecule has 6 nitrogen and oxygen atoms in total. The van der Waals surface area contributed by atoms with E-state index in [0.717, 1.165) is 24.1 Å². The third-order valence-corrected chi connectivity index (χ3v) is 5.35. The number of carbonyl (C=O) groups excluding carboxylic acids is 2. The smallest absolute Gasteiger partial charge is 0.254 e. The van der Waals surface area contributed by atoms with Crippen LogP contribution in [0, 0.1) is 6.92 Å². The molecule has 1 fully saturated rings. The summed E-state index contributed by atoms with van der Waals surface area (Å²) in [5, 5.41) is 7.48. The molecule has 1 N–H and O–H groups in total. The normalized spacial score (nSPS) is 20.0. The molecule has 2 amide bonds. The highest BCUT2D eigenvalue weighted by molar-refractivity contribution is 5.95. The molecule has 1 atom stereocenters. The second kappa shape index (κ2) is 6.94. The van der Waals surface area contributed by atoms with E-state index in [4.69, 9.17) is 0 Å². The Morgan fingerprint density at radius 2 is 2.00 bits per heavy atom. The maximum Gasteiger partial charge on any atom is 0.254 e. The van der Waals surface area contributed by atoms with Gasteiger partial charge in [0.1, 0.15) is 6.04 Å². The molecule has 1 saturated carbocycles. The number of aromatic nitrogens is 2. The summed E-state index contributed by atoms with van der Waals surface area (Å²) in [5.41, 5.74) is 2.60. The number of amides is 2. The van der Waals surface area contributed by atoms with Crippen molar-refractivity contribution in [3.05, 3.63) is 53.3 Å². The van der Waals surface area contributed by atoms with Gasteiger partial charge in [0.2, 0.25) is 5.91 Å². The summed E-state index contributed by atoms with van der Waals surface area (Å²) < 4.78 is 1.77. The second-order valence-corrected chi connectivity index (χ2v) is 7.33. The number of benzene rings is 1. The Balaban J connectivity index is 1.55. The molecule has 2 aromatic rings. The molecule has 1 aliphatic heterocycles. The van der Waals surface area contributed by atoms with Gasteiger partial charge >= 0.3 is 0 Å². The summed E-state index contributed by atoms with van der Waals surface area (Å²) in [6.45, 7) is 2.79. The van der Waals surface area contributed by atoms with E-state index in [2.05, 4.69) is 10.4 Å². The molecule has 2 heterocycles. The number of nitrogens with zero attached hydrogens (tertiary/aromatic N) is 3. The van der Waals surface area contributed by atoms with Crippen molar-refractivity contribution in [2.45, 2.75) is 51.2 Å². The van der Waals surface area contributed by atoms with E-state index in [1.54, 1.807) is 15.8 Å². The van der Waals surface area contributed by atoms with Crippen LogP contribution in [0.3, 0.4) is 0 Å². The van der Waals surface area contributed by atoms with Gasteiger partial charge in [0, 0.05) is 17.8 Å². The minimum absolute atomic E-state index is 0.0383. The number of hydrogen-bond acceptors (Lipinski definition) is 3. The zero-order valence-electron chi connectivity index (χ0n) is 15.0. The maximum atomic E-state index is 13.0. The van der Waals surface area contributed by atoms with Gasteiger partial charge < -0.3 is 10.2 Å². The summed E-state index contributed by atoms with van der Waals surface area (Å²) in [4.78, 5) is 27.6. The fraction of sp³-hybridized carbons (Fsp3) is 0.450. The Bertz CT molecular complexity index is 823. The molecular formula is C20H24N4O2. The van der Waals surface area contributed by atoms with Gasteiger partial charge in [-0.15, -0.1) is 0 Å². The van der Waals surface area contributed by atoms with Crippen molar-refractivity contribution in [2.75, 3.05) is 6.54 Å². The van der Waals surface area contributed by atoms with Crippen LogP contribution in [0.4, 0.5) is 0 Å². The summed E-state index contributed by atoms with van der Waals surface area (Å²) in [5.74, 6) is -0.0802. The average Bonchev–Trinajstić information content (AvgIpc) is 3.31. The molecule has 1 unspecified atom stereocenters. The Hall–Kier alpha value is -2.63. The van der Waals surface area contributed by atoms with E-state index >= 15 is 0 Å². The molecule has 1 aromatic carbocycles. The molecule has 26 heavy (non-hydrogen) atoms. The molecule has 0 saturated heterocycles. The lowest BCUT2D eigenvalue weighted by Gasteiger charge is -2.33. The van der Waals surface area contributed by atoms with Crippen LogP contribution in [0.25, 0.3) is 0 Å². The monoisotopic (exact) mass is 352 g/mol. The van der Waals surface area contributed by atoms with Crippen molar-refractivity contribution in [1.82, 2.24) is 20.0 Å². The van der Waals surface area contributed by atoms with Gasteiger partial charge in [-0.1, -0.05) is 30.5 Å². The Morgan fingerprint density at radius 1 is 1.19 bits per heavy atom. The predicted molar refractivity (Wildman–Crippen MR) is 97.6 cm³/mol. The van der Waals surface area contributed by atoms with Crippen LogP contribution in [0.5, 0.6) is 0 Å². The van der Waals surface area contributed by atoms with Crippen molar-refractivity contribution in [3.63, 3.8) is 0 Å².